The number of nitrogens with zero attached hydrogens (tertiary/aromatic N) is 1. The van der Waals surface area contributed by atoms with E-state index in [-0.39, 0.29) is 17.4 Å². The largest absolute Gasteiger partial charge is 0.363 e. The summed E-state index contributed by atoms with van der Waals surface area (Å²) in [5.74, 6) is 0.157. The van der Waals surface area contributed by atoms with Crippen molar-refractivity contribution in [3.63, 3.8) is 0 Å². The lowest BCUT2D eigenvalue weighted by Crippen LogP contribution is -2.17. The molecule has 1 aromatic rings. The van der Waals surface area contributed by atoms with Crippen molar-refractivity contribution in [2.45, 2.75) is 6.42 Å². The molecule has 7 heteroatoms. The Balaban J connectivity index is 1.74. The number of anilines is 1. The molecule has 2 N–H and O–H groups in total. The van der Waals surface area contributed by atoms with Crippen LogP contribution in [-0.4, -0.2) is 35.7 Å². The van der Waals surface area contributed by atoms with E-state index in [4.69, 9.17) is 11.6 Å². The number of thioether (sulfide) groups is 1. The van der Waals surface area contributed by atoms with Crippen LogP contribution >= 0.6 is 23.4 Å². The number of carbonyl (C=O) groups is 2. The van der Waals surface area contributed by atoms with Gasteiger partial charge in [-0.1, -0.05) is 23.4 Å². The zero-order chi connectivity index (χ0) is 14.1. The summed E-state index contributed by atoms with van der Waals surface area (Å²) in [5, 5.41) is 6.98. The maximum absolute atomic E-state index is 12.2. The van der Waals surface area contributed by atoms with Crippen LogP contribution in [0, 0.1) is 0 Å². The van der Waals surface area contributed by atoms with Gasteiger partial charge < -0.3 is 10.6 Å². The van der Waals surface area contributed by atoms with Crippen molar-refractivity contribution in [3.05, 3.63) is 28.3 Å². The van der Waals surface area contributed by atoms with E-state index in [9.17, 15) is 9.59 Å². The molecule has 3 rings (SSSR count). The third kappa shape index (κ3) is 2.66. The van der Waals surface area contributed by atoms with Crippen LogP contribution < -0.4 is 10.6 Å². The number of amidine groups is 1. The lowest BCUT2D eigenvalue weighted by atomic mass is 10.1. The van der Waals surface area contributed by atoms with E-state index in [1.165, 1.54) is 11.8 Å². The minimum Gasteiger partial charge on any atom is -0.363 e. The molecule has 2 aliphatic rings. The monoisotopic (exact) mass is 309 g/mol. The molecule has 0 aromatic heterocycles. The third-order valence-electron chi connectivity index (χ3n) is 3.10. The van der Waals surface area contributed by atoms with Crippen molar-refractivity contribution in [2.24, 2.45) is 4.99 Å². The molecule has 0 radical (unpaired) electrons. The molecule has 0 unspecified atom stereocenters. The molecule has 2 aliphatic heterocycles. The fraction of sp³-hybridized carbons (Fsp3) is 0.308. The minimum atomic E-state index is -0.0699. The number of hydrogen-bond donors (Lipinski definition) is 2. The van der Waals surface area contributed by atoms with Crippen molar-refractivity contribution < 1.29 is 9.59 Å². The first-order chi connectivity index (χ1) is 9.63. The van der Waals surface area contributed by atoms with E-state index >= 15 is 0 Å². The SMILES string of the molecule is O=C1Cc2cc(C(=O)CSC3=NCCN3)c(Cl)cc2N1. The van der Waals surface area contributed by atoms with Gasteiger partial charge in [0.15, 0.2) is 11.0 Å². The topological polar surface area (TPSA) is 70.6 Å². The Morgan fingerprint density at radius 1 is 1.45 bits per heavy atom. The average molecular weight is 310 g/mol. The Kier molecular flexibility index (Phi) is 3.67. The van der Waals surface area contributed by atoms with Gasteiger partial charge in [0.05, 0.1) is 23.7 Å². The summed E-state index contributed by atoms with van der Waals surface area (Å²) < 4.78 is 0. The summed E-state index contributed by atoms with van der Waals surface area (Å²) in [6.07, 6.45) is 0.300. The highest BCUT2D eigenvalue weighted by molar-refractivity contribution is 8.14. The molecule has 0 aliphatic carbocycles. The van der Waals surface area contributed by atoms with Gasteiger partial charge in [0, 0.05) is 17.8 Å². The molecule has 0 fully saturated rings. The molecule has 20 heavy (non-hydrogen) atoms. The highest BCUT2D eigenvalue weighted by Gasteiger charge is 2.22. The van der Waals surface area contributed by atoms with Gasteiger partial charge in [0.2, 0.25) is 5.91 Å². The van der Waals surface area contributed by atoms with Crippen molar-refractivity contribution in [1.82, 2.24) is 5.32 Å². The van der Waals surface area contributed by atoms with Crippen LogP contribution in [0.3, 0.4) is 0 Å². The van der Waals surface area contributed by atoms with Crippen molar-refractivity contribution in [1.29, 1.82) is 0 Å². The predicted octanol–water partition coefficient (Wildman–Crippen LogP) is 1.71. The molecule has 1 aromatic carbocycles. The summed E-state index contributed by atoms with van der Waals surface area (Å²) in [4.78, 5) is 27.8. The van der Waals surface area contributed by atoms with Gasteiger partial charge in [-0.05, 0) is 17.7 Å². The average Bonchev–Trinajstić information content (AvgIpc) is 3.03. The number of rotatable bonds is 3. The Hall–Kier alpha value is -1.53. The summed E-state index contributed by atoms with van der Waals surface area (Å²) in [6.45, 7) is 1.58. The molecule has 0 bridgehead atoms. The summed E-state index contributed by atoms with van der Waals surface area (Å²) in [7, 11) is 0. The van der Waals surface area contributed by atoms with E-state index < -0.39 is 0 Å². The second-order valence-corrected chi connectivity index (χ2v) is 5.91. The first-order valence-electron chi connectivity index (χ1n) is 6.20. The number of aliphatic imine (C=N–C) groups is 1. The smallest absolute Gasteiger partial charge is 0.228 e. The predicted molar refractivity (Wildman–Crippen MR) is 80.9 cm³/mol. The van der Waals surface area contributed by atoms with Gasteiger partial charge in [0.1, 0.15) is 0 Å². The number of fused-ring (bicyclic) bond motifs is 1. The van der Waals surface area contributed by atoms with Crippen LogP contribution in [0.5, 0.6) is 0 Å². The first kappa shape index (κ1) is 13.5. The minimum absolute atomic E-state index is 0.0569. The summed E-state index contributed by atoms with van der Waals surface area (Å²) in [5.41, 5.74) is 1.99. The van der Waals surface area contributed by atoms with Gasteiger partial charge >= 0.3 is 0 Å². The number of carbonyl (C=O) groups excluding carboxylic acids is 2. The Morgan fingerprint density at radius 2 is 2.30 bits per heavy atom. The number of amides is 1. The van der Waals surface area contributed by atoms with E-state index in [1.54, 1.807) is 12.1 Å². The highest BCUT2D eigenvalue weighted by atomic mass is 35.5. The van der Waals surface area contributed by atoms with E-state index in [1.807, 2.05) is 0 Å². The van der Waals surface area contributed by atoms with Gasteiger partial charge in [-0.2, -0.15) is 0 Å². The standard InChI is InChI=1S/C13H12ClN3O2S/c14-9-5-10-7(4-12(19)17-10)3-8(9)11(18)6-20-13-15-1-2-16-13/h3,5H,1-2,4,6H2,(H,15,16)(H,17,19). The Morgan fingerprint density at radius 3 is 3.05 bits per heavy atom. The highest BCUT2D eigenvalue weighted by Crippen LogP contribution is 2.30. The van der Waals surface area contributed by atoms with Crippen molar-refractivity contribution in [3.8, 4) is 0 Å². The summed E-state index contributed by atoms with van der Waals surface area (Å²) in [6, 6.07) is 3.35. The van der Waals surface area contributed by atoms with E-state index in [0.29, 0.717) is 22.7 Å². The molecule has 0 saturated heterocycles. The summed E-state index contributed by atoms with van der Waals surface area (Å²) >= 11 is 7.50. The fourth-order valence-corrected chi connectivity index (χ4v) is 3.23. The molecular formula is C13H12ClN3O2S. The van der Waals surface area contributed by atoms with Gasteiger partial charge in [0.25, 0.3) is 0 Å². The van der Waals surface area contributed by atoms with E-state index in [2.05, 4.69) is 15.6 Å². The zero-order valence-electron chi connectivity index (χ0n) is 10.5. The molecule has 1 amide bonds. The van der Waals surface area contributed by atoms with Crippen LogP contribution in [-0.2, 0) is 11.2 Å². The van der Waals surface area contributed by atoms with Crippen LogP contribution in [0.15, 0.2) is 17.1 Å². The lowest BCUT2D eigenvalue weighted by molar-refractivity contribution is -0.115. The van der Waals surface area contributed by atoms with Crippen molar-refractivity contribution >= 4 is 45.9 Å². The van der Waals surface area contributed by atoms with Crippen LogP contribution in [0.4, 0.5) is 5.69 Å². The number of halogens is 1. The third-order valence-corrected chi connectivity index (χ3v) is 4.37. The molecule has 5 nitrogen and oxygen atoms in total. The van der Waals surface area contributed by atoms with Gasteiger partial charge in [-0.15, -0.1) is 0 Å². The molecule has 0 spiro atoms. The second-order valence-electron chi connectivity index (χ2n) is 4.54. The van der Waals surface area contributed by atoms with Crippen LogP contribution in [0.1, 0.15) is 15.9 Å². The number of ketones is 1. The number of Topliss-reactive ketones (excluding diaryl/α,β-unsaturated/α-hetero) is 1. The van der Waals surface area contributed by atoms with Gasteiger partial charge in [-0.25, -0.2) is 0 Å². The lowest BCUT2D eigenvalue weighted by Gasteiger charge is -2.07. The van der Waals surface area contributed by atoms with E-state index in [0.717, 1.165) is 23.8 Å². The second kappa shape index (κ2) is 5.46. The molecular weight excluding hydrogens is 298 g/mol. The van der Waals surface area contributed by atoms with Gasteiger partial charge in [-0.3, -0.25) is 14.6 Å². The Bertz CT molecular complexity index is 630. The number of hydrogen-bond acceptors (Lipinski definition) is 5. The van der Waals surface area contributed by atoms with Crippen LogP contribution in [0.2, 0.25) is 5.02 Å². The van der Waals surface area contributed by atoms with Crippen molar-refractivity contribution in [2.75, 3.05) is 24.2 Å². The van der Waals surface area contributed by atoms with Crippen LogP contribution in [0.25, 0.3) is 0 Å². The quantitative estimate of drug-likeness (QED) is 0.834. The number of benzene rings is 1. The Labute approximate surface area is 125 Å². The number of nitrogens with one attached hydrogen (secondary N) is 2. The maximum Gasteiger partial charge on any atom is 0.228 e. The maximum atomic E-state index is 12.2. The fourth-order valence-electron chi connectivity index (χ4n) is 2.15. The molecule has 0 atom stereocenters. The first-order valence-corrected chi connectivity index (χ1v) is 7.56. The molecule has 104 valence electrons. The molecule has 0 saturated carbocycles. The normalized spacial score (nSPS) is 16.4. The molecule has 2 heterocycles. The zero-order valence-corrected chi connectivity index (χ0v) is 12.1.